The van der Waals surface area contributed by atoms with Crippen LogP contribution in [0.4, 0.5) is 0 Å². The van der Waals surface area contributed by atoms with Crippen molar-refractivity contribution in [2.24, 2.45) is 7.05 Å². The molecule has 1 aromatic rings. The molecule has 17 heavy (non-hydrogen) atoms. The number of hydrogen-bond donors (Lipinski definition) is 1. The lowest BCUT2D eigenvalue weighted by Gasteiger charge is -2.20. The minimum Gasteiger partial charge on any atom is -0.309 e. The fourth-order valence-corrected chi connectivity index (χ4v) is 1.97. The van der Waals surface area contributed by atoms with Crippen LogP contribution in [0.15, 0.2) is 6.20 Å². The van der Waals surface area contributed by atoms with E-state index in [1.807, 2.05) is 11.7 Å². The molecule has 0 aliphatic rings. The minimum atomic E-state index is 0.505. The van der Waals surface area contributed by atoms with Gasteiger partial charge in [0.1, 0.15) is 0 Å². The first-order valence-electron chi connectivity index (χ1n) is 6.50. The quantitative estimate of drug-likeness (QED) is 0.780. The Kier molecular flexibility index (Phi) is 5.65. The molecule has 1 rings (SSSR count). The maximum absolute atomic E-state index is 4.45. The van der Waals surface area contributed by atoms with Crippen molar-refractivity contribution in [2.75, 3.05) is 20.1 Å². The smallest absolute Gasteiger partial charge is 0.0666 e. The van der Waals surface area contributed by atoms with Crippen molar-refractivity contribution in [3.8, 4) is 0 Å². The van der Waals surface area contributed by atoms with Crippen molar-refractivity contribution in [1.82, 2.24) is 20.0 Å². The summed E-state index contributed by atoms with van der Waals surface area (Å²) in [6, 6.07) is 0.505. The number of likely N-dealkylation sites (N-methyl/N-ethyl adjacent to an activating group) is 1. The zero-order valence-electron chi connectivity index (χ0n) is 11.8. The zero-order valence-corrected chi connectivity index (χ0v) is 11.8. The van der Waals surface area contributed by atoms with Gasteiger partial charge in [0, 0.05) is 37.9 Å². The average molecular weight is 238 g/mol. The first kappa shape index (κ1) is 14.2. The molecule has 98 valence electrons. The van der Waals surface area contributed by atoms with E-state index < -0.39 is 0 Å². The first-order chi connectivity index (χ1) is 8.06. The Morgan fingerprint density at radius 1 is 1.47 bits per heavy atom. The third kappa shape index (κ3) is 4.48. The summed E-state index contributed by atoms with van der Waals surface area (Å²) in [6.07, 6.45) is 3.11. The van der Waals surface area contributed by atoms with Crippen LogP contribution in [0, 0.1) is 0 Å². The third-order valence-electron chi connectivity index (χ3n) is 3.09. The molecule has 0 radical (unpaired) electrons. The maximum Gasteiger partial charge on any atom is 0.0666 e. The average Bonchev–Trinajstić information content (AvgIpc) is 2.66. The number of nitrogens with one attached hydrogen (secondary N) is 1. The predicted octanol–water partition coefficient (Wildman–Crippen LogP) is 1.41. The molecule has 1 heterocycles. The molecule has 0 fully saturated rings. The summed E-state index contributed by atoms with van der Waals surface area (Å²) in [4.78, 5) is 2.32. The van der Waals surface area contributed by atoms with Crippen LogP contribution in [0.2, 0.25) is 0 Å². The Morgan fingerprint density at radius 2 is 2.18 bits per heavy atom. The van der Waals surface area contributed by atoms with Crippen molar-refractivity contribution in [3.05, 3.63) is 17.5 Å². The van der Waals surface area contributed by atoms with Gasteiger partial charge in [-0.3, -0.25) is 4.68 Å². The third-order valence-corrected chi connectivity index (χ3v) is 3.09. The first-order valence-corrected chi connectivity index (χ1v) is 6.50. The van der Waals surface area contributed by atoms with E-state index >= 15 is 0 Å². The Hall–Kier alpha value is -0.870. The molecule has 0 bridgehead atoms. The Morgan fingerprint density at radius 3 is 2.76 bits per heavy atom. The lowest BCUT2D eigenvalue weighted by atomic mass is 10.2. The van der Waals surface area contributed by atoms with E-state index in [1.165, 1.54) is 11.3 Å². The molecular formula is C13H26N4. The lowest BCUT2D eigenvalue weighted by molar-refractivity contribution is 0.309. The molecule has 1 atom stereocenters. The van der Waals surface area contributed by atoms with Crippen LogP contribution in [0.25, 0.3) is 0 Å². The summed E-state index contributed by atoms with van der Waals surface area (Å²) >= 11 is 0. The van der Waals surface area contributed by atoms with Gasteiger partial charge in [-0.05, 0) is 26.9 Å². The molecule has 0 saturated carbocycles. The fourth-order valence-electron chi connectivity index (χ4n) is 1.97. The van der Waals surface area contributed by atoms with E-state index in [0.717, 1.165) is 26.1 Å². The summed E-state index contributed by atoms with van der Waals surface area (Å²) in [5.41, 5.74) is 2.53. The van der Waals surface area contributed by atoms with Crippen molar-refractivity contribution >= 4 is 0 Å². The number of aromatic nitrogens is 2. The Labute approximate surface area is 105 Å². The molecule has 0 spiro atoms. The van der Waals surface area contributed by atoms with Gasteiger partial charge >= 0.3 is 0 Å². The van der Waals surface area contributed by atoms with Crippen molar-refractivity contribution in [1.29, 1.82) is 0 Å². The van der Waals surface area contributed by atoms with Crippen molar-refractivity contribution in [2.45, 2.75) is 39.8 Å². The largest absolute Gasteiger partial charge is 0.309 e. The molecule has 0 aromatic carbocycles. The highest BCUT2D eigenvalue weighted by Crippen LogP contribution is 2.07. The highest BCUT2D eigenvalue weighted by Gasteiger charge is 2.08. The van der Waals surface area contributed by atoms with Crippen LogP contribution in [0.3, 0.4) is 0 Å². The second kappa shape index (κ2) is 6.77. The molecule has 0 saturated heterocycles. The van der Waals surface area contributed by atoms with Gasteiger partial charge in [0.2, 0.25) is 0 Å². The number of rotatable bonds is 7. The van der Waals surface area contributed by atoms with E-state index in [4.69, 9.17) is 0 Å². The summed E-state index contributed by atoms with van der Waals surface area (Å²) in [5, 5.41) is 8.01. The highest BCUT2D eigenvalue weighted by molar-refractivity contribution is 5.16. The van der Waals surface area contributed by atoms with Crippen molar-refractivity contribution in [3.63, 3.8) is 0 Å². The Balaban J connectivity index is 2.43. The van der Waals surface area contributed by atoms with Gasteiger partial charge in [0.15, 0.2) is 0 Å². The highest BCUT2D eigenvalue weighted by atomic mass is 15.3. The van der Waals surface area contributed by atoms with Gasteiger partial charge in [-0.2, -0.15) is 5.10 Å². The monoisotopic (exact) mass is 238 g/mol. The van der Waals surface area contributed by atoms with Crippen LogP contribution in [0.1, 0.15) is 32.0 Å². The molecule has 1 unspecified atom stereocenters. The van der Waals surface area contributed by atoms with Crippen LogP contribution >= 0.6 is 0 Å². The zero-order chi connectivity index (χ0) is 12.8. The predicted molar refractivity (Wildman–Crippen MR) is 72.1 cm³/mol. The summed E-state index contributed by atoms with van der Waals surface area (Å²) in [5.74, 6) is 0. The van der Waals surface area contributed by atoms with Crippen molar-refractivity contribution < 1.29 is 0 Å². The van der Waals surface area contributed by atoms with E-state index in [2.05, 4.69) is 49.3 Å². The van der Waals surface area contributed by atoms with Gasteiger partial charge in [-0.25, -0.2) is 0 Å². The van der Waals surface area contributed by atoms with Crippen LogP contribution in [-0.4, -0.2) is 40.9 Å². The summed E-state index contributed by atoms with van der Waals surface area (Å²) in [7, 11) is 4.14. The number of aryl methyl sites for hydroxylation is 2. The van der Waals surface area contributed by atoms with E-state index in [-0.39, 0.29) is 0 Å². The second-order valence-electron chi connectivity index (χ2n) is 4.77. The van der Waals surface area contributed by atoms with Gasteiger partial charge in [0.25, 0.3) is 0 Å². The van der Waals surface area contributed by atoms with E-state index in [9.17, 15) is 0 Å². The summed E-state index contributed by atoms with van der Waals surface area (Å²) in [6.45, 7) is 9.66. The molecule has 1 aromatic heterocycles. The van der Waals surface area contributed by atoms with E-state index in [1.54, 1.807) is 0 Å². The molecular weight excluding hydrogens is 212 g/mol. The summed E-state index contributed by atoms with van der Waals surface area (Å²) < 4.78 is 1.90. The number of nitrogens with zero attached hydrogens (tertiary/aromatic N) is 3. The maximum atomic E-state index is 4.45. The fraction of sp³-hybridized carbons (Fsp3) is 0.769. The second-order valence-corrected chi connectivity index (χ2v) is 4.77. The number of hydrogen-bond acceptors (Lipinski definition) is 3. The molecule has 4 nitrogen and oxygen atoms in total. The lowest BCUT2D eigenvalue weighted by Crippen LogP contribution is -2.37. The molecule has 0 aliphatic carbocycles. The topological polar surface area (TPSA) is 33.1 Å². The van der Waals surface area contributed by atoms with Gasteiger partial charge < -0.3 is 10.2 Å². The molecule has 4 heteroatoms. The van der Waals surface area contributed by atoms with Crippen LogP contribution < -0.4 is 5.32 Å². The van der Waals surface area contributed by atoms with Gasteiger partial charge in [-0.15, -0.1) is 0 Å². The van der Waals surface area contributed by atoms with Gasteiger partial charge in [-0.1, -0.05) is 13.8 Å². The minimum absolute atomic E-state index is 0.505. The molecule has 1 N–H and O–H groups in total. The van der Waals surface area contributed by atoms with Crippen LogP contribution in [-0.2, 0) is 20.0 Å². The van der Waals surface area contributed by atoms with Crippen LogP contribution in [0.5, 0.6) is 0 Å². The van der Waals surface area contributed by atoms with E-state index in [0.29, 0.717) is 6.04 Å². The normalized spacial score (nSPS) is 13.3. The Bertz CT molecular complexity index is 332. The van der Waals surface area contributed by atoms with Gasteiger partial charge in [0.05, 0.1) is 5.69 Å². The standard InChI is InChI=1S/C13H26N4/c1-6-13-12(10-17(5)15-13)8-14-11(3)9-16(4)7-2/h10-11,14H,6-9H2,1-5H3. The SMILES string of the molecule is CCc1nn(C)cc1CNC(C)CN(C)CC. The molecule has 0 aliphatic heterocycles. The molecule has 0 amide bonds.